The molecule has 0 spiro atoms. The van der Waals surface area contributed by atoms with Gasteiger partial charge < -0.3 is 10.1 Å². The van der Waals surface area contributed by atoms with Gasteiger partial charge in [0.15, 0.2) is 0 Å². The minimum atomic E-state index is -0.526. The lowest BCUT2D eigenvalue weighted by molar-refractivity contribution is 0.0377. The summed E-state index contributed by atoms with van der Waals surface area (Å²) in [6, 6.07) is 18.8. The van der Waals surface area contributed by atoms with Gasteiger partial charge in [0, 0.05) is 17.3 Å². The van der Waals surface area contributed by atoms with Crippen molar-refractivity contribution in [1.82, 2.24) is 19.9 Å². The standard InChI is InChI=1S/C28H30N4O2/c1-19-23-17-29-18-30-25(23)32(24(19)20-9-6-5-7-10-20)22-13-11-21(12-14-22)28(15-8-16-28)31-26(33)34-27(2,3)4/h5-7,9-14,17-18H,8,15-16H2,1-4H3,(H,31,33). The number of nitrogens with one attached hydrogen (secondary N) is 1. The summed E-state index contributed by atoms with van der Waals surface area (Å²) in [6.07, 6.45) is 5.98. The zero-order valence-electron chi connectivity index (χ0n) is 20.1. The SMILES string of the molecule is Cc1c(-c2ccccc2)n(-c2ccc(C3(NC(=O)OC(C)(C)C)CCC3)cc2)c2ncncc12. The highest BCUT2D eigenvalue weighted by Crippen LogP contribution is 2.42. The Bertz CT molecular complexity index is 1330. The first kappa shape index (κ1) is 22.1. The van der Waals surface area contributed by atoms with Crippen LogP contribution in [0.25, 0.3) is 28.0 Å². The van der Waals surface area contributed by atoms with Gasteiger partial charge >= 0.3 is 6.09 Å². The number of aromatic nitrogens is 3. The molecule has 0 unspecified atom stereocenters. The summed E-state index contributed by atoms with van der Waals surface area (Å²) in [6.45, 7) is 7.76. The maximum absolute atomic E-state index is 12.5. The summed E-state index contributed by atoms with van der Waals surface area (Å²) < 4.78 is 7.73. The average Bonchev–Trinajstić information content (AvgIpc) is 3.08. The molecule has 174 valence electrons. The molecule has 2 heterocycles. The van der Waals surface area contributed by atoms with Crippen LogP contribution < -0.4 is 5.32 Å². The highest BCUT2D eigenvalue weighted by molar-refractivity contribution is 5.90. The van der Waals surface area contributed by atoms with Crippen LogP contribution >= 0.6 is 0 Å². The number of benzene rings is 2. The Morgan fingerprint density at radius 3 is 2.38 bits per heavy atom. The second kappa shape index (κ2) is 8.28. The number of fused-ring (bicyclic) bond motifs is 1. The lowest BCUT2D eigenvalue weighted by atomic mass is 9.72. The Hall–Kier alpha value is -3.67. The minimum absolute atomic E-state index is 0.369. The van der Waals surface area contributed by atoms with Crippen LogP contribution in [0.3, 0.4) is 0 Å². The lowest BCUT2D eigenvalue weighted by Crippen LogP contribution is -2.52. The van der Waals surface area contributed by atoms with Crippen LogP contribution in [-0.4, -0.2) is 26.2 Å². The van der Waals surface area contributed by atoms with E-state index >= 15 is 0 Å². The maximum atomic E-state index is 12.5. The first-order valence-corrected chi connectivity index (χ1v) is 11.8. The second-order valence-electron chi connectivity index (χ2n) is 10.0. The number of carbonyl (C=O) groups excluding carboxylic acids is 1. The molecule has 0 radical (unpaired) electrons. The summed E-state index contributed by atoms with van der Waals surface area (Å²) in [5.41, 5.74) is 5.47. The molecule has 1 fully saturated rings. The van der Waals surface area contributed by atoms with Crippen LogP contribution in [0.1, 0.15) is 51.2 Å². The van der Waals surface area contributed by atoms with Gasteiger partial charge in [-0.25, -0.2) is 14.8 Å². The van der Waals surface area contributed by atoms with Crippen molar-refractivity contribution in [1.29, 1.82) is 0 Å². The molecule has 0 saturated heterocycles. The van der Waals surface area contributed by atoms with Crippen molar-refractivity contribution in [3.05, 3.63) is 78.2 Å². The fraction of sp³-hybridized carbons (Fsp3) is 0.321. The zero-order chi connectivity index (χ0) is 23.9. The van der Waals surface area contributed by atoms with Gasteiger partial charge in [-0.05, 0) is 75.8 Å². The molecule has 0 atom stereocenters. The van der Waals surface area contributed by atoms with Crippen molar-refractivity contribution >= 4 is 17.1 Å². The molecule has 6 nitrogen and oxygen atoms in total. The third-order valence-electron chi connectivity index (χ3n) is 6.56. The Morgan fingerprint density at radius 2 is 1.76 bits per heavy atom. The van der Waals surface area contributed by atoms with Gasteiger partial charge in [0.25, 0.3) is 0 Å². The Kier molecular flexibility index (Phi) is 5.39. The van der Waals surface area contributed by atoms with E-state index in [0.29, 0.717) is 0 Å². The maximum Gasteiger partial charge on any atom is 0.408 e. The summed E-state index contributed by atoms with van der Waals surface area (Å²) in [4.78, 5) is 21.4. The van der Waals surface area contributed by atoms with Crippen LogP contribution in [0.15, 0.2) is 67.1 Å². The van der Waals surface area contributed by atoms with Crippen LogP contribution in [0.2, 0.25) is 0 Å². The van der Waals surface area contributed by atoms with Gasteiger partial charge in [-0.2, -0.15) is 0 Å². The van der Waals surface area contributed by atoms with E-state index in [1.165, 1.54) is 0 Å². The van der Waals surface area contributed by atoms with Gasteiger partial charge in [0.05, 0.1) is 11.2 Å². The van der Waals surface area contributed by atoms with Crippen LogP contribution in [0.4, 0.5) is 4.79 Å². The summed E-state index contributed by atoms with van der Waals surface area (Å²) >= 11 is 0. The number of amides is 1. The van der Waals surface area contributed by atoms with Crippen molar-refractivity contribution < 1.29 is 9.53 Å². The number of carbonyl (C=O) groups is 1. The normalized spacial score (nSPS) is 15.1. The minimum Gasteiger partial charge on any atom is -0.444 e. The van der Waals surface area contributed by atoms with Crippen molar-refractivity contribution in [2.45, 2.75) is 58.1 Å². The third-order valence-corrected chi connectivity index (χ3v) is 6.56. The third kappa shape index (κ3) is 3.94. The summed E-state index contributed by atoms with van der Waals surface area (Å²) in [5, 5.41) is 4.18. The number of hydrogen-bond acceptors (Lipinski definition) is 4. The Balaban J connectivity index is 1.54. The molecular formula is C28H30N4O2. The number of rotatable bonds is 4. The first-order valence-electron chi connectivity index (χ1n) is 11.8. The number of hydrogen-bond donors (Lipinski definition) is 1. The predicted octanol–water partition coefficient (Wildman–Crippen LogP) is 6.30. The molecule has 4 aromatic rings. The monoisotopic (exact) mass is 454 g/mol. The van der Waals surface area contributed by atoms with E-state index in [1.807, 2.05) is 45.2 Å². The number of alkyl carbamates (subject to hydrolysis) is 1. The van der Waals surface area contributed by atoms with Gasteiger partial charge in [0.1, 0.15) is 17.6 Å². The van der Waals surface area contributed by atoms with Gasteiger partial charge in [-0.3, -0.25) is 4.57 Å². The van der Waals surface area contributed by atoms with E-state index in [9.17, 15) is 4.79 Å². The fourth-order valence-corrected chi connectivity index (χ4v) is 4.80. The van der Waals surface area contributed by atoms with E-state index in [2.05, 4.69) is 63.2 Å². The molecule has 2 aromatic carbocycles. The molecule has 2 aromatic heterocycles. The van der Waals surface area contributed by atoms with Crippen LogP contribution in [-0.2, 0) is 10.3 Å². The molecule has 1 aliphatic rings. The fourth-order valence-electron chi connectivity index (χ4n) is 4.80. The summed E-state index contributed by atoms with van der Waals surface area (Å²) in [5.74, 6) is 0. The molecule has 1 aliphatic carbocycles. The van der Waals surface area contributed by atoms with E-state index < -0.39 is 5.60 Å². The average molecular weight is 455 g/mol. The Labute approximate surface area is 200 Å². The topological polar surface area (TPSA) is 69.0 Å². The predicted molar refractivity (Wildman–Crippen MR) is 134 cm³/mol. The van der Waals surface area contributed by atoms with E-state index in [4.69, 9.17) is 4.74 Å². The van der Waals surface area contributed by atoms with Crippen molar-refractivity contribution in [2.24, 2.45) is 0 Å². The quantitative estimate of drug-likeness (QED) is 0.393. The molecule has 1 amide bonds. The van der Waals surface area contributed by atoms with E-state index in [-0.39, 0.29) is 11.6 Å². The lowest BCUT2D eigenvalue weighted by Gasteiger charge is -2.43. The van der Waals surface area contributed by atoms with Crippen molar-refractivity contribution in [3.63, 3.8) is 0 Å². The molecule has 1 saturated carbocycles. The molecule has 0 bridgehead atoms. The Morgan fingerprint density at radius 1 is 1.06 bits per heavy atom. The zero-order valence-corrected chi connectivity index (χ0v) is 20.1. The molecule has 34 heavy (non-hydrogen) atoms. The molecule has 6 heteroatoms. The molecule has 5 rings (SSSR count). The highest BCUT2D eigenvalue weighted by atomic mass is 16.6. The largest absolute Gasteiger partial charge is 0.444 e. The van der Waals surface area contributed by atoms with Crippen molar-refractivity contribution in [2.75, 3.05) is 0 Å². The first-order chi connectivity index (χ1) is 16.3. The number of ether oxygens (including phenoxy) is 1. The van der Waals surface area contributed by atoms with Gasteiger partial charge in [0.2, 0.25) is 0 Å². The van der Waals surface area contributed by atoms with E-state index in [0.717, 1.165) is 58.4 Å². The van der Waals surface area contributed by atoms with Crippen LogP contribution in [0.5, 0.6) is 0 Å². The van der Waals surface area contributed by atoms with Crippen molar-refractivity contribution in [3.8, 4) is 16.9 Å². The number of nitrogens with zero attached hydrogens (tertiary/aromatic N) is 3. The smallest absolute Gasteiger partial charge is 0.408 e. The summed E-state index contributed by atoms with van der Waals surface area (Å²) in [7, 11) is 0. The molecule has 0 aliphatic heterocycles. The van der Waals surface area contributed by atoms with E-state index in [1.54, 1.807) is 6.33 Å². The number of aryl methyl sites for hydroxylation is 1. The second-order valence-corrected chi connectivity index (χ2v) is 10.0. The van der Waals surface area contributed by atoms with Gasteiger partial charge in [-0.1, -0.05) is 42.5 Å². The molecule has 1 N–H and O–H groups in total. The molecular weight excluding hydrogens is 424 g/mol. The highest BCUT2D eigenvalue weighted by Gasteiger charge is 2.41. The van der Waals surface area contributed by atoms with Gasteiger partial charge in [-0.15, -0.1) is 0 Å². The van der Waals surface area contributed by atoms with Crippen LogP contribution in [0, 0.1) is 6.92 Å².